The number of esters is 2. The maximum Gasteiger partial charge on any atom is 0.337 e. The van der Waals surface area contributed by atoms with Crippen molar-refractivity contribution in [2.24, 2.45) is 0 Å². The number of rotatable bonds is 5. The van der Waals surface area contributed by atoms with Crippen LogP contribution in [0.15, 0.2) is 53.1 Å². The lowest BCUT2D eigenvalue weighted by Crippen LogP contribution is -2.08. The SMILES string of the molecule is COC(=O)c1cccc(COC(=O)Cc2coc3cc(C)ccc23)c1. The molecule has 0 aliphatic rings. The second-order valence-electron chi connectivity index (χ2n) is 5.79. The van der Waals surface area contributed by atoms with Crippen molar-refractivity contribution < 1.29 is 23.5 Å². The van der Waals surface area contributed by atoms with Gasteiger partial charge in [-0.3, -0.25) is 4.79 Å². The van der Waals surface area contributed by atoms with Crippen LogP contribution in [0.4, 0.5) is 0 Å². The lowest BCUT2D eigenvalue weighted by atomic mass is 10.1. The van der Waals surface area contributed by atoms with Gasteiger partial charge in [-0.2, -0.15) is 0 Å². The summed E-state index contributed by atoms with van der Waals surface area (Å²) < 4.78 is 15.5. The minimum Gasteiger partial charge on any atom is -0.465 e. The van der Waals surface area contributed by atoms with E-state index in [0.717, 1.165) is 27.7 Å². The Morgan fingerprint density at radius 3 is 2.76 bits per heavy atom. The van der Waals surface area contributed by atoms with E-state index >= 15 is 0 Å². The van der Waals surface area contributed by atoms with E-state index in [1.807, 2.05) is 25.1 Å². The van der Waals surface area contributed by atoms with E-state index < -0.39 is 5.97 Å². The molecular formula is C20H18O5. The first kappa shape index (κ1) is 16.8. The lowest BCUT2D eigenvalue weighted by Gasteiger charge is -2.06. The zero-order chi connectivity index (χ0) is 17.8. The Hall–Kier alpha value is -3.08. The van der Waals surface area contributed by atoms with Crippen molar-refractivity contribution >= 4 is 22.9 Å². The molecule has 25 heavy (non-hydrogen) atoms. The van der Waals surface area contributed by atoms with Gasteiger partial charge in [0.2, 0.25) is 0 Å². The zero-order valence-electron chi connectivity index (χ0n) is 14.1. The second-order valence-corrected chi connectivity index (χ2v) is 5.79. The smallest absolute Gasteiger partial charge is 0.337 e. The molecule has 5 nitrogen and oxygen atoms in total. The van der Waals surface area contributed by atoms with Gasteiger partial charge in [0.05, 0.1) is 25.4 Å². The standard InChI is InChI=1S/C20H18O5/c1-13-6-7-17-16(12-24-18(17)8-13)10-19(21)25-11-14-4-3-5-15(9-14)20(22)23-2/h3-9,12H,10-11H2,1-2H3. The second kappa shape index (κ2) is 7.21. The molecule has 3 rings (SSSR count). The van der Waals surface area contributed by atoms with E-state index in [9.17, 15) is 9.59 Å². The van der Waals surface area contributed by atoms with Gasteiger partial charge in [-0.25, -0.2) is 4.79 Å². The van der Waals surface area contributed by atoms with Crippen LogP contribution in [0.2, 0.25) is 0 Å². The van der Waals surface area contributed by atoms with Crippen molar-refractivity contribution in [1.82, 2.24) is 0 Å². The maximum atomic E-state index is 12.1. The van der Waals surface area contributed by atoms with Crippen molar-refractivity contribution in [3.8, 4) is 0 Å². The zero-order valence-corrected chi connectivity index (χ0v) is 14.1. The van der Waals surface area contributed by atoms with Gasteiger partial charge in [0, 0.05) is 10.9 Å². The van der Waals surface area contributed by atoms with E-state index in [-0.39, 0.29) is 19.0 Å². The largest absolute Gasteiger partial charge is 0.465 e. The Labute approximate surface area is 145 Å². The fraction of sp³-hybridized carbons (Fsp3) is 0.200. The molecule has 0 N–H and O–H groups in total. The van der Waals surface area contributed by atoms with Gasteiger partial charge in [0.25, 0.3) is 0 Å². The van der Waals surface area contributed by atoms with Gasteiger partial charge in [-0.1, -0.05) is 24.3 Å². The molecule has 0 saturated carbocycles. The number of ether oxygens (including phenoxy) is 2. The monoisotopic (exact) mass is 338 g/mol. The molecule has 2 aromatic carbocycles. The molecule has 0 aliphatic carbocycles. The molecule has 0 aliphatic heterocycles. The summed E-state index contributed by atoms with van der Waals surface area (Å²) in [6.45, 7) is 2.08. The number of hydrogen-bond acceptors (Lipinski definition) is 5. The summed E-state index contributed by atoms with van der Waals surface area (Å²) in [4.78, 5) is 23.6. The van der Waals surface area contributed by atoms with Gasteiger partial charge in [0.15, 0.2) is 0 Å². The van der Waals surface area contributed by atoms with Gasteiger partial charge in [0.1, 0.15) is 12.2 Å². The van der Waals surface area contributed by atoms with E-state index in [4.69, 9.17) is 9.15 Å². The lowest BCUT2D eigenvalue weighted by molar-refractivity contribution is -0.144. The first-order chi connectivity index (χ1) is 12.1. The number of furan rings is 1. The molecule has 0 saturated heterocycles. The average molecular weight is 338 g/mol. The summed E-state index contributed by atoms with van der Waals surface area (Å²) in [5, 5.41) is 0.912. The van der Waals surface area contributed by atoms with Crippen LogP contribution >= 0.6 is 0 Å². The van der Waals surface area contributed by atoms with Crippen molar-refractivity contribution in [1.29, 1.82) is 0 Å². The van der Waals surface area contributed by atoms with Gasteiger partial charge < -0.3 is 13.9 Å². The highest BCUT2D eigenvalue weighted by atomic mass is 16.5. The van der Waals surface area contributed by atoms with Gasteiger partial charge >= 0.3 is 11.9 Å². The average Bonchev–Trinajstić information content (AvgIpc) is 3.01. The molecular weight excluding hydrogens is 320 g/mol. The van der Waals surface area contributed by atoms with Crippen LogP contribution in [0.25, 0.3) is 11.0 Å². The number of hydrogen-bond donors (Lipinski definition) is 0. The highest BCUT2D eigenvalue weighted by molar-refractivity contribution is 5.89. The third-order valence-corrected chi connectivity index (χ3v) is 3.89. The molecule has 0 atom stereocenters. The Kier molecular flexibility index (Phi) is 4.84. The highest BCUT2D eigenvalue weighted by Crippen LogP contribution is 2.23. The van der Waals surface area contributed by atoms with Crippen LogP contribution in [0.1, 0.15) is 27.0 Å². The summed E-state index contributed by atoms with van der Waals surface area (Å²) in [7, 11) is 1.33. The fourth-order valence-electron chi connectivity index (χ4n) is 2.60. The summed E-state index contributed by atoms with van der Waals surface area (Å²) in [6.07, 6.45) is 1.72. The normalized spacial score (nSPS) is 10.6. The Morgan fingerprint density at radius 2 is 1.96 bits per heavy atom. The molecule has 1 aromatic heterocycles. The predicted octanol–water partition coefficient (Wildman–Crippen LogP) is 3.81. The minimum absolute atomic E-state index is 0.0958. The molecule has 0 fully saturated rings. The summed E-state index contributed by atoms with van der Waals surface area (Å²) in [6, 6.07) is 12.7. The molecule has 5 heteroatoms. The van der Waals surface area contributed by atoms with E-state index in [1.165, 1.54) is 7.11 Å². The van der Waals surface area contributed by atoms with Crippen LogP contribution in [-0.4, -0.2) is 19.0 Å². The van der Waals surface area contributed by atoms with Crippen molar-refractivity contribution in [2.45, 2.75) is 20.0 Å². The third-order valence-electron chi connectivity index (χ3n) is 3.89. The fourth-order valence-corrected chi connectivity index (χ4v) is 2.60. The molecule has 128 valence electrons. The number of aryl methyl sites for hydroxylation is 1. The number of carbonyl (C=O) groups excluding carboxylic acids is 2. The minimum atomic E-state index is -0.423. The summed E-state index contributed by atoms with van der Waals surface area (Å²) in [5.41, 5.74) is 3.80. The van der Waals surface area contributed by atoms with E-state index in [0.29, 0.717) is 5.56 Å². The van der Waals surface area contributed by atoms with Crippen LogP contribution < -0.4 is 0 Å². The molecule has 1 heterocycles. The van der Waals surface area contributed by atoms with E-state index in [1.54, 1.807) is 30.5 Å². The number of carbonyl (C=O) groups is 2. The first-order valence-electron chi connectivity index (χ1n) is 7.86. The van der Waals surface area contributed by atoms with Crippen LogP contribution in [0, 0.1) is 6.92 Å². The number of fused-ring (bicyclic) bond motifs is 1. The molecule has 0 radical (unpaired) electrons. The molecule has 3 aromatic rings. The summed E-state index contributed by atoms with van der Waals surface area (Å²) in [5.74, 6) is -0.778. The molecule has 0 unspecified atom stereocenters. The topological polar surface area (TPSA) is 65.7 Å². The summed E-state index contributed by atoms with van der Waals surface area (Å²) >= 11 is 0. The Bertz CT molecular complexity index is 923. The molecule has 0 amide bonds. The Morgan fingerprint density at radius 1 is 1.12 bits per heavy atom. The Balaban J connectivity index is 1.64. The highest BCUT2D eigenvalue weighted by Gasteiger charge is 2.12. The van der Waals surface area contributed by atoms with E-state index in [2.05, 4.69) is 4.74 Å². The van der Waals surface area contributed by atoms with Crippen molar-refractivity contribution in [2.75, 3.05) is 7.11 Å². The first-order valence-corrected chi connectivity index (χ1v) is 7.86. The predicted molar refractivity (Wildman–Crippen MR) is 92.2 cm³/mol. The number of methoxy groups -OCH3 is 1. The van der Waals surface area contributed by atoms with Crippen LogP contribution in [0.3, 0.4) is 0 Å². The van der Waals surface area contributed by atoms with Gasteiger partial charge in [-0.15, -0.1) is 0 Å². The quantitative estimate of drug-likeness (QED) is 0.662. The maximum absolute atomic E-state index is 12.1. The number of benzene rings is 2. The van der Waals surface area contributed by atoms with Crippen LogP contribution in [0.5, 0.6) is 0 Å². The van der Waals surface area contributed by atoms with Crippen molar-refractivity contribution in [3.05, 3.63) is 71.0 Å². The molecule has 0 bridgehead atoms. The van der Waals surface area contributed by atoms with Crippen LogP contribution in [-0.2, 0) is 27.3 Å². The van der Waals surface area contributed by atoms with Gasteiger partial charge in [-0.05, 0) is 36.2 Å². The molecule has 0 spiro atoms. The third kappa shape index (κ3) is 3.88. The van der Waals surface area contributed by atoms with Crippen molar-refractivity contribution in [3.63, 3.8) is 0 Å².